The molecule has 0 aromatic heterocycles. The van der Waals surface area contributed by atoms with E-state index < -0.39 is 0 Å². The zero-order valence-electron chi connectivity index (χ0n) is 6.68. The summed E-state index contributed by atoms with van der Waals surface area (Å²) < 4.78 is 0. The molecule has 1 fully saturated rings. The van der Waals surface area contributed by atoms with E-state index >= 15 is 0 Å². The second kappa shape index (κ2) is 2.26. The fourth-order valence-electron chi connectivity index (χ4n) is 1.85. The summed E-state index contributed by atoms with van der Waals surface area (Å²) in [6, 6.07) is 0. The van der Waals surface area contributed by atoms with Crippen molar-refractivity contribution in [2.75, 3.05) is 0 Å². The Morgan fingerprint density at radius 2 is 2.20 bits per heavy atom. The molecule has 1 saturated carbocycles. The van der Waals surface area contributed by atoms with Crippen molar-refractivity contribution in [2.24, 2.45) is 17.1 Å². The van der Waals surface area contributed by atoms with Crippen LogP contribution in [0.5, 0.6) is 0 Å². The number of hydrogen-bond donors (Lipinski definition) is 1. The average molecular weight is 141 g/mol. The molecule has 0 radical (unpaired) electrons. The van der Waals surface area contributed by atoms with Crippen LogP contribution in [-0.4, -0.2) is 5.91 Å². The van der Waals surface area contributed by atoms with Gasteiger partial charge in [-0.3, -0.25) is 4.79 Å². The molecule has 1 atom stereocenters. The lowest BCUT2D eigenvalue weighted by atomic mass is 9.81. The number of nitrogens with two attached hydrogens (primary N) is 1. The van der Waals surface area contributed by atoms with E-state index in [4.69, 9.17) is 5.73 Å². The van der Waals surface area contributed by atoms with Crippen molar-refractivity contribution >= 4 is 5.91 Å². The lowest BCUT2D eigenvalue weighted by Crippen LogP contribution is -2.31. The zero-order valence-corrected chi connectivity index (χ0v) is 6.68. The molecule has 1 aliphatic rings. The predicted octanol–water partition coefficient (Wildman–Crippen LogP) is 1.30. The van der Waals surface area contributed by atoms with E-state index in [1.807, 2.05) is 0 Å². The first-order chi connectivity index (χ1) is 4.54. The molecule has 2 nitrogen and oxygen atoms in total. The molecule has 0 aromatic rings. The second-order valence-electron chi connectivity index (χ2n) is 3.84. The molecular weight excluding hydrogens is 126 g/mol. The van der Waals surface area contributed by atoms with Crippen LogP contribution < -0.4 is 5.73 Å². The van der Waals surface area contributed by atoms with E-state index in [9.17, 15) is 4.79 Å². The van der Waals surface area contributed by atoms with Crippen LogP contribution in [-0.2, 0) is 4.79 Å². The smallest absolute Gasteiger partial charge is 0.221 e. The molecule has 0 saturated heterocycles. The molecule has 0 spiro atoms. The molecule has 10 heavy (non-hydrogen) atoms. The summed E-state index contributed by atoms with van der Waals surface area (Å²) >= 11 is 0. The Hall–Kier alpha value is -0.530. The van der Waals surface area contributed by atoms with Gasteiger partial charge in [-0.2, -0.15) is 0 Å². The Labute approximate surface area is 61.8 Å². The number of rotatable bonds is 1. The summed E-state index contributed by atoms with van der Waals surface area (Å²) in [5.41, 5.74) is 5.39. The molecule has 0 aliphatic heterocycles. The highest BCUT2D eigenvalue weighted by Crippen LogP contribution is 2.42. The van der Waals surface area contributed by atoms with Crippen LogP contribution >= 0.6 is 0 Å². The normalized spacial score (nSPS) is 30.4. The summed E-state index contributed by atoms with van der Waals surface area (Å²) in [6.45, 7) is 4.24. The van der Waals surface area contributed by atoms with Gasteiger partial charge in [-0.15, -0.1) is 0 Å². The van der Waals surface area contributed by atoms with Crippen LogP contribution in [0.2, 0.25) is 0 Å². The van der Waals surface area contributed by atoms with E-state index in [1.165, 1.54) is 0 Å². The third-order valence-electron chi connectivity index (χ3n) is 2.60. The standard InChI is InChI=1S/C8H15NO/c1-8(2)5-3-4-6(8)7(9)10/h6H,3-5H2,1-2H3,(H2,9,10)/t6-/m1/s1. The van der Waals surface area contributed by atoms with Gasteiger partial charge in [0, 0.05) is 5.92 Å². The lowest BCUT2D eigenvalue weighted by molar-refractivity contribution is -0.124. The molecule has 1 aliphatic carbocycles. The predicted molar refractivity (Wildman–Crippen MR) is 40.3 cm³/mol. The maximum absolute atomic E-state index is 10.8. The van der Waals surface area contributed by atoms with Gasteiger partial charge in [-0.05, 0) is 18.3 Å². The van der Waals surface area contributed by atoms with E-state index in [-0.39, 0.29) is 17.2 Å². The van der Waals surface area contributed by atoms with E-state index in [1.54, 1.807) is 0 Å². The minimum absolute atomic E-state index is 0.118. The molecular formula is C8H15NO. The van der Waals surface area contributed by atoms with Crippen molar-refractivity contribution in [1.82, 2.24) is 0 Å². The van der Waals surface area contributed by atoms with Crippen molar-refractivity contribution in [3.05, 3.63) is 0 Å². The van der Waals surface area contributed by atoms with Gasteiger partial charge in [-0.25, -0.2) is 0 Å². The molecule has 0 bridgehead atoms. The number of primary amides is 1. The van der Waals surface area contributed by atoms with E-state index in [0.29, 0.717) is 0 Å². The van der Waals surface area contributed by atoms with Crippen LogP contribution in [0, 0.1) is 11.3 Å². The highest BCUT2D eigenvalue weighted by atomic mass is 16.1. The highest BCUT2D eigenvalue weighted by Gasteiger charge is 2.37. The van der Waals surface area contributed by atoms with Gasteiger partial charge < -0.3 is 5.73 Å². The first kappa shape index (κ1) is 7.58. The third-order valence-corrected chi connectivity index (χ3v) is 2.60. The molecule has 0 aromatic carbocycles. The quantitative estimate of drug-likeness (QED) is 0.587. The highest BCUT2D eigenvalue weighted by molar-refractivity contribution is 5.77. The molecule has 1 rings (SSSR count). The van der Waals surface area contributed by atoms with E-state index in [0.717, 1.165) is 19.3 Å². The molecule has 0 heterocycles. The van der Waals surface area contributed by atoms with Crippen molar-refractivity contribution in [1.29, 1.82) is 0 Å². The number of hydrogen-bond acceptors (Lipinski definition) is 1. The Morgan fingerprint density at radius 1 is 1.60 bits per heavy atom. The topological polar surface area (TPSA) is 43.1 Å². The summed E-state index contributed by atoms with van der Waals surface area (Å²) in [7, 11) is 0. The number of carbonyl (C=O) groups is 1. The minimum atomic E-state index is -0.123. The Morgan fingerprint density at radius 3 is 2.40 bits per heavy atom. The van der Waals surface area contributed by atoms with Crippen molar-refractivity contribution < 1.29 is 4.79 Å². The summed E-state index contributed by atoms with van der Waals surface area (Å²) in [5.74, 6) is -0.00463. The minimum Gasteiger partial charge on any atom is -0.369 e. The molecule has 0 unspecified atom stereocenters. The molecule has 2 N–H and O–H groups in total. The van der Waals surface area contributed by atoms with Gasteiger partial charge in [-0.1, -0.05) is 20.3 Å². The zero-order chi connectivity index (χ0) is 7.78. The van der Waals surface area contributed by atoms with Gasteiger partial charge in [0.15, 0.2) is 0 Å². The first-order valence-electron chi connectivity index (χ1n) is 3.83. The largest absolute Gasteiger partial charge is 0.369 e. The van der Waals surface area contributed by atoms with Crippen molar-refractivity contribution in [3.8, 4) is 0 Å². The summed E-state index contributed by atoms with van der Waals surface area (Å²) in [4.78, 5) is 10.8. The Bertz CT molecular complexity index is 151. The van der Waals surface area contributed by atoms with Gasteiger partial charge >= 0.3 is 0 Å². The monoisotopic (exact) mass is 141 g/mol. The fourth-order valence-corrected chi connectivity index (χ4v) is 1.85. The number of amides is 1. The van der Waals surface area contributed by atoms with Crippen LogP contribution in [0.1, 0.15) is 33.1 Å². The SMILES string of the molecule is CC1(C)CCC[C@@H]1C(N)=O. The van der Waals surface area contributed by atoms with Crippen LogP contribution in [0.4, 0.5) is 0 Å². The van der Waals surface area contributed by atoms with E-state index in [2.05, 4.69) is 13.8 Å². The lowest BCUT2D eigenvalue weighted by Gasteiger charge is -2.23. The van der Waals surface area contributed by atoms with Crippen LogP contribution in [0.3, 0.4) is 0 Å². The second-order valence-corrected chi connectivity index (χ2v) is 3.84. The third kappa shape index (κ3) is 1.15. The van der Waals surface area contributed by atoms with Crippen LogP contribution in [0.25, 0.3) is 0 Å². The van der Waals surface area contributed by atoms with Crippen molar-refractivity contribution in [3.63, 3.8) is 0 Å². The average Bonchev–Trinajstić information content (AvgIpc) is 2.08. The van der Waals surface area contributed by atoms with Gasteiger partial charge in [0.1, 0.15) is 0 Å². The van der Waals surface area contributed by atoms with Gasteiger partial charge in [0.05, 0.1) is 0 Å². The first-order valence-corrected chi connectivity index (χ1v) is 3.83. The molecule has 2 heteroatoms. The Balaban J connectivity index is 2.68. The van der Waals surface area contributed by atoms with Crippen molar-refractivity contribution in [2.45, 2.75) is 33.1 Å². The molecule has 58 valence electrons. The summed E-state index contributed by atoms with van der Waals surface area (Å²) in [5, 5.41) is 0. The molecule has 1 amide bonds. The number of carbonyl (C=O) groups excluding carboxylic acids is 1. The van der Waals surface area contributed by atoms with Gasteiger partial charge in [0.25, 0.3) is 0 Å². The Kier molecular flexibility index (Phi) is 1.71. The van der Waals surface area contributed by atoms with Gasteiger partial charge in [0.2, 0.25) is 5.91 Å². The fraction of sp³-hybridized carbons (Fsp3) is 0.875. The summed E-state index contributed by atoms with van der Waals surface area (Å²) in [6.07, 6.45) is 3.28. The maximum Gasteiger partial charge on any atom is 0.221 e. The maximum atomic E-state index is 10.8. The van der Waals surface area contributed by atoms with Crippen LogP contribution in [0.15, 0.2) is 0 Å².